The lowest BCUT2D eigenvalue weighted by atomic mass is 9.86. The summed E-state index contributed by atoms with van der Waals surface area (Å²) in [6, 6.07) is 0.175. The minimum Gasteiger partial charge on any atom is -0.348 e. The molecule has 1 fully saturated rings. The summed E-state index contributed by atoms with van der Waals surface area (Å²) in [5.74, 6) is -0.497. The van der Waals surface area contributed by atoms with Crippen LogP contribution in [0.2, 0.25) is 0 Å². The number of hydrogen-bond donors (Lipinski definition) is 2. The van der Waals surface area contributed by atoms with Crippen molar-refractivity contribution in [3.63, 3.8) is 0 Å². The summed E-state index contributed by atoms with van der Waals surface area (Å²) in [5.41, 5.74) is 0. The van der Waals surface area contributed by atoms with Gasteiger partial charge in [-0.1, -0.05) is 26.7 Å². The molecule has 92 valence electrons. The van der Waals surface area contributed by atoms with Crippen LogP contribution >= 0.6 is 0 Å². The Morgan fingerprint density at radius 1 is 1.19 bits per heavy atom. The van der Waals surface area contributed by atoms with E-state index in [0.29, 0.717) is 12.5 Å². The molecular formula is C12H22N2O2. The average molecular weight is 226 g/mol. The SMILES string of the molecule is CCCNC(=O)C(=O)N[C@@H]1CCCC[C@H]1C. The minimum absolute atomic E-state index is 0.175. The van der Waals surface area contributed by atoms with Crippen LogP contribution in [-0.2, 0) is 9.59 Å². The summed E-state index contributed by atoms with van der Waals surface area (Å²) in [7, 11) is 0. The Morgan fingerprint density at radius 3 is 2.50 bits per heavy atom. The molecule has 0 radical (unpaired) electrons. The van der Waals surface area contributed by atoms with Crippen LogP contribution in [0.15, 0.2) is 0 Å². The molecule has 0 saturated heterocycles. The average Bonchev–Trinajstić information content (AvgIpc) is 2.28. The van der Waals surface area contributed by atoms with Crippen LogP contribution in [0, 0.1) is 5.92 Å². The molecule has 0 unspecified atom stereocenters. The van der Waals surface area contributed by atoms with Gasteiger partial charge in [-0.05, 0) is 25.2 Å². The van der Waals surface area contributed by atoms with Crippen LogP contribution in [0.3, 0.4) is 0 Å². The number of hydrogen-bond acceptors (Lipinski definition) is 2. The molecule has 0 aromatic rings. The zero-order chi connectivity index (χ0) is 12.0. The standard InChI is InChI=1S/C12H22N2O2/c1-3-8-13-11(15)12(16)14-10-7-5-4-6-9(10)2/h9-10H,3-8H2,1-2H3,(H,13,15)(H,14,16)/t9-,10-/m1/s1. The molecule has 2 amide bonds. The quantitative estimate of drug-likeness (QED) is 0.711. The number of nitrogens with one attached hydrogen (secondary N) is 2. The topological polar surface area (TPSA) is 58.2 Å². The van der Waals surface area contributed by atoms with Crippen molar-refractivity contribution in [3.05, 3.63) is 0 Å². The summed E-state index contributed by atoms with van der Waals surface area (Å²) in [6.07, 6.45) is 5.36. The molecule has 0 heterocycles. The van der Waals surface area contributed by atoms with E-state index in [9.17, 15) is 9.59 Å². The second-order valence-electron chi connectivity index (χ2n) is 4.60. The maximum Gasteiger partial charge on any atom is 0.309 e. The molecule has 2 N–H and O–H groups in total. The Hall–Kier alpha value is -1.06. The highest BCUT2D eigenvalue weighted by atomic mass is 16.2. The lowest BCUT2D eigenvalue weighted by Crippen LogP contribution is -2.47. The predicted octanol–water partition coefficient (Wildman–Crippen LogP) is 1.21. The van der Waals surface area contributed by atoms with Crippen molar-refractivity contribution in [3.8, 4) is 0 Å². The van der Waals surface area contributed by atoms with Crippen LogP contribution in [0.4, 0.5) is 0 Å². The van der Waals surface area contributed by atoms with Crippen LogP contribution in [0.1, 0.15) is 46.0 Å². The van der Waals surface area contributed by atoms with E-state index < -0.39 is 11.8 Å². The van der Waals surface area contributed by atoms with Gasteiger partial charge in [-0.15, -0.1) is 0 Å². The monoisotopic (exact) mass is 226 g/mol. The number of rotatable bonds is 3. The predicted molar refractivity (Wildman–Crippen MR) is 62.9 cm³/mol. The molecule has 2 atom stereocenters. The maximum atomic E-state index is 11.5. The molecule has 1 aliphatic rings. The first-order valence-corrected chi connectivity index (χ1v) is 6.23. The van der Waals surface area contributed by atoms with Crippen molar-refractivity contribution in [2.24, 2.45) is 5.92 Å². The van der Waals surface area contributed by atoms with Gasteiger partial charge in [-0.3, -0.25) is 9.59 Å². The van der Waals surface area contributed by atoms with E-state index >= 15 is 0 Å². The van der Waals surface area contributed by atoms with Gasteiger partial charge in [0.15, 0.2) is 0 Å². The molecule has 0 aliphatic heterocycles. The van der Waals surface area contributed by atoms with Crippen LogP contribution in [-0.4, -0.2) is 24.4 Å². The number of carbonyl (C=O) groups is 2. The van der Waals surface area contributed by atoms with Crippen molar-refractivity contribution in [2.45, 2.75) is 52.0 Å². The fourth-order valence-corrected chi connectivity index (χ4v) is 2.08. The van der Waals surface area contributed by atoms with Gasteiger partial charge in [0.2, 0.25) is 0 Å². The van der Waals surface area contributed by atoms with Crippen molar-refractivity contribution >= 4 is 11.8 Å². The first kappa shape index (κ1) is 13.0. The van der Waals surface area contributed by atoms with Gasteiger partial charge in [0.1, 0.15) is 0 Å². The molecule has 0 spiro atoms. The Labute approximate surface area is 97.2 Å². The van der Waals surface area contributed by atoms with E-state index in [1.807, 2.05) is 6.92 Å². The molecule has 0 aromatic heterocycles. The van der Waals surface area contributed by atoms with Gasteiger partial charge >= 0.3 is 11.8 Å². The molecule has 16 heavy (non-hydrogen) atoms. The van der Waals surface area contributed by atoms with Gasteiger partial charge in [0.05, 0.1) is 0 Å². The van der Waals surface area contributed by atoms with E-state index in [2.05, 4.69) is 17.6 Å². The highest BCUT2D eigenvalue weighted by Crippen LogP contribution is 2.23. The van der Waals surface area contributed by atoms with Gasteiger partial charge in [-0.2, -0.15) is 0 Å². The second-order valence-corrected chi connectivity index (χ2v) is 4.60. The van der Waals surface area contributed by atoms with E-state index in [1.165, 1.54) is 6.42 Å². The summed E-state index contributed by atoms with van der Waals surface area (Å²) >= 11 is 0. The van der Waals surface area contributed by atoms with Crippen molar-refractivity contribution < 1.29 is 9.59 Å². The molecule has 0 aromatic carbocycles. The minimum atomic E-state index is -0.500. The maximum absolute atomic E-state index is 11.5. The Bertz CT molecular complexity index is 253. The lowest BCUT2D eigenvalue weighted by molar-refractivity contribution is -0.139. The van der Waals surface area contributed by atoms with Gasteiger partial charge in [0.25, 0.3) is 0 Å². The fraction of sp³-hybridized carbons (Fsp3) is 0.833. The first-order valence-electron chi connectivity index (χ1n) is 6.23. The summed E-state index contributed by atoms with van der Waals surface area (Å²) in [6.45, 7) is 4.65. The third-order valence-corrected chi connectivity index (χ3v) is 3.17. The third kappa shape index (κ3) is 3.83. The molecule has 1 aliphatic carbocycles. The van der Waals surface area contributed by atoms with E-state index in [4.69, 9.17) is 0 Å². The Morgan fingerprint density at radius 2 is 1.88 bits per heavy atom. The largest absolute Gasteiger partial charge is 0.348 e. The third-order valence-electron chi connectivity index (χ3n) is 3.17. The summed E-state index contributed by atoms with van der Waals surface area (Å²) in [5, 5.41) is 5.41. The summed E-state index contributed by atoms with van der Waals surface area (Å²) in [4.78, 5) is 22.9. The molecule has 1 saturated carbocycles. The Balaban J connectivity index is 2.34. The zero-order valence-electron chi connectivity index (χ0n) is 10.2. The first-order chi connectivity index (χ1) is 7.65. The van der Waals surface area contributed by atoms with Gasteiger partial charge < -0.3 is 10.6 Å². The number of carbonyl (C=O) groups excluding carboxylic acids is 2. The normalized spacial score (nSPS) is 24.9. The second kappa shape index (κ2) is 6.51. The van der Waals surface area contributed by atoms with Crippen molar-refractivity contribution in [1.82, 2.24) is 10.6 Å². The van der Waals surface area contributed by atoms with E-state index in [-0.39, 0.29) is 6.04 Å². The molecule has 4 heteroatoms. The van der Waals surface area contributed by atoms with Crippen LogP contribution in [0.25, 0.3) is 0 Å². The number of amides is 2. The molecule has 0 bridgehead atoms. The fourth-order valence-electron chi connectivity index (χ4n) is 2.08. The van der Waals surface area contributed by atoms with Crippen LogP contribution in [0.5, 0.6) is 0 Å². The van der Waals surface area contributed by atoms with E-state index in [1.54, 1.807) is 0 Å². The highest BCUT2D eigenvalue weighted by molar-refractivity contribution is 6.35. The molecule has 1 rings (SSSR count). The molecule has 4 nitrogen and oxygen atoms in total. The summed E-state index contributed by atoms with van der Waals surface area (Å²) < 4.78 is 0. The zero-order valence-corrected chi connectivity index (χ0v) is 10.2. The lowest BCUT2D eigenvalue weighted by Gasteiger charge is -2.29. The van der Waals surface area contributed by atoms with Crippen molar-refractivity contribution in [1.29, 1.82) is 0 Å². The smallest absolute Gasteiger partial charge is 0.309 e. The van der Waals surface area contributed by atoms with Gasteiger partial charge in [-0.25, -0.2) is 0 Å². The van der Waals surface area contributed by atoms with Crippen LogP contribution < -0.4 is 10.6 Å². The molecular weight excluding hydrogens is 204 g/mol. The highest BCUT2D eigenvalue weighted by Gasteiger charge is 2.24. The van der Waals surface area contributed by atoms with Crippen molar-refractivity contribution in [2.75, 3.05) is 6.54 Å². The Kier molecular flexibility index (Phi) is 5.29. The van der Waals surface area contributed by atoms with Gasteiger partial charge in [0, 0.05) is 12.6 Å². The van der Waals surface area contributed by atoms with E-state index in [0.717, 1.165) is 25.7 Å².